The van der Waals surface area contributed by atoms with Gasteiger partial charge < -0.3 is 10.4 Å². The second-order valence-electron chi connectivity index (χ2n) is 6.58. The van der Waals surface area contributed by atoms with Crippen LogP contribution in [0.25, 0.3) is 0 Å². The largest absolute Gasteiger partial charge is 0.511 e. The zero-order valence-electron chi connectivity index (χ0n) is 14.9. The highest BCUT2D eigenvalue weighted by Crippen LogP contribution is 2.43. The van der Waals surface area contributed by atoms with Crippen LogP contribution in [-0.4, -0.2) is 11.0 Å². The number of aliphatic hydroxyl groups excluding tert-OH is 1. The van der Waals surface area contributed by atoms with Crippen molar-refractivity contribution >= 4 is 29.3 Å². The minimum atomic E-state index is -0.825. The molecule has 3 nitrogen and oxygen atoms in total. The van der Waals surface area contributed by atoms with Crippen molar-refractivity contribution in [2.24, 2.45) is 0 Å². The number of hydrogen-bond donors (Lipinski definition) is 2. The van der Waals surface area contributed by atoms with Crippen molar-refractivity contribution in [3.05, 3.63) is 112 Å². The molecule has 0 saturated heterocycles. The number of thioether (sulfide) groups is 1. The highest BCUT2D eigenvalue weighted by Gasteiger charge is 2.42. The van der Waals surface area contributed by atoms with Crippen molar-refractivity contribution in [3.8, 4) is 0 Å². The lowest BCUT2D eigenvalue weighted by atomic mass is 9.78. The standard InChI is InChI=1S/C23H18ClNO2S/c24-18-13-7-8-14-20(18)28-21-19(26)15-23(25-22(21)27,16-9-3-1-4-10-16)17-11-5-2-6-12-17/h1-14,26H,15H2,(H,25,27). The molecule has 0 aromatic heterocycles. The number of rotatable bonds is 4. The molecule has 5 heteroatoms. The molecule has 28 heavy (non-hydrogen) atoms. The number of carbonyl (C=O) groups is 1. The summed E-state index contributed by atoms with van der Waals surface area (Å²) in [5, 5.41) is 14.6. The summed E-state index contributed by atoms with van der Waals surface area (Å²) in [6.45, 7) is 0. The predicted octanol–water partition coefficient (Wildman–Crippen LogP) is 5.67. The van der Waals surface area contributed by atoms with Gasteiger partial charge in [-0.3, -0.25) is 4.79 Å². The molecule has 0 bridgehead atoms. The number of hydrogen-bond acceptors (Lipinski definition) is 3. The first-order chi connectivity index (χ1) is 13.6. The van der Waals surface area contributed by atoms with Crippen LogP contribution in [0.5, 0.6) is 0 Å². The Bertz CT molecular complexity index is 995. The van der Waals surface area contributed by atoms with Crippen LogP contribution in [0.1, 0.15) is 17.5 Å². The van der Waals surface area contributed by atoms with Gasteiger partial charge in [-0.15, -0.1) is 0 Å². The number of carbonyl (C=O) groups excluding carboxylic acids is 1. The molecule has 0 spiro atoms. The van der Waals surface area contributed by atoms with Gasteiger partial charge in [0.15, 0.2) is 0 Å². The van der Waals surface area contributed by atoms with E-state index in [0.717, 1.165) is 16.0 Å². The van der Waals surface area contributed by atoms with Gasteiger partial charge in [-0.25, -0.2) is 0 Å². The second kappa shape index (κ2) is 7.74. The topological polar surface area (TPSA) is 49.3 Å². The van der Waals surface area contributed by atoms with E-state index < -0.39 is 5.54 Å². The van der Waals surface area contributed by atoms with Crippen molar-refractivity contribution in [2.45, 2.75) is 16.9 Å². The van der Waals surface area contributed by atoms with E-state index in [9.17, 15) is 9.90 Å². The number of halogens is 1. The Morgan fingerprint density at radius 1 is 0.857 bits per heavy atom. The summed E-state index contributed by atoms with van der Waals surface area (Å²) in [7, 11) is 0. The number of benzene rings is 3. The molecule has 140 valence electrons. The van der Waals surface area contributed by atoms with Gasteiger partial charge in [0.2, 0.25) is 0 Å². The van der Waals surface area contributed by atoms with Crippen molar-refractivity contribution in [3.63, 3.8) is 0 Å². The van der Waals surface area contributed by atoms with Gasteiger partial charge in [-0.2, -0.15) is 0 Å². The number of aliphatic hydroxyl groups is 1. The Morgan fingerprint density at radius 2 is 1.39 bits per heavy atom. The third-order valence-corrected chi connectivity index (χ3v) is 6.45. The molecule has 3 aromatic carbocycles. The van der Waals surface area contributed by atoms with Gasteiger partial charge in [0.1, 0.15) is 10.7 Å². The quantitative estimate of drug-likeness (QED) is 0.586. The molecule has 0 aliphatic carbocycles. The molecule has 3 aromatic rings. The van der Waals surface area contributed by atoms with Crippen LogP contribution in [-0.2, 0) is 10.3 Å². The van der Waals surface area contributed by atoms with E-state index in [-0.39, 0.29) is 23.0 Å². The Labute approximate surface area is 173 Å². The van der Waals surface area contributed by atoms with Gasteiger partial charge >= 0.3 is 0 Å². The van der Waals surface area contributed by atoms with Crippen LogP contribution in [0, 0.1) is 0 Å². The fourth-order valence-corrected chi connectivity index (χ4v) is 4.58. The summed E-state index contributed by atoms with van der Waals surface area (Å²) in [4.78, 5) is 14.1. The van der Waals surface area contributed by atoms with Crippen molar-refractivity contribution in [2.75, 3.05) is 0 Å². The fourth-order valence-electron chi connectivity index (χ4n) is 3.46. The van der Waals surface area contributed by atoms with E-state index in [4.69, 9.17) is 11.6 Å². The molecule has 1 aliphatic rings. The molecule has 0 fully saturated rings. The molecule has 4 rings (SSSR count). The highest BCUT2D eigenvalue weighted by atomic mass is 35.5. The zero-order valence-corrected chi connectivity index (χ0v) is 16.5. The summed E-state index contributed by atoms with van der Waals surface area (Å²) in [6, 6.07) is 26.7. The molecule has 0 unspecified atom stereocenters. The van der Waals surface area contributed by atoms with Crippen LogP contribution in [0.4, 0.5) is 0 Å². The molecule has 1 amide bonds. The zero-order chi connectivity index (χ0) is 19.6. The van der Waals surface area contributed by atoms with Gasteiger partial charge in [0.25, 0.3) is 5.91 Å². The summed E-state index contributed by atoms with van der Waals surface area (Å²) in [5.41, 5.74) is 1.01. The second-order valence-corrected chi connectivity index (χ2v) is 8.04. The lowest BCUT2D eigenvalue weighted by molar-refractivity contribution is -0.119. The molecule has 0 atom stereocenters. The van der Waals surface area contributed by atoms with Crippen LogP contribution in [0.15, 0.2) is 100 Å². The molecule has 2 N–H and O–H groups in total. The maximum absolute atomic E-state index is 13.1. The lowest BCUT2D eigenvalue weighted by Crippen LogP contribution is -2.50. The van der Waals surface area contributed by atoms with Gasteiger partial charge in [0, 0.05) is 11.3 Å². The number of amides is 1. The Kier molecular flexibility index (Phi) is 5.16. The Balaban J connectivity index is 1.79. The minimum Gasteiger partial charge on any atom is -0.511 e. The first-order valence-electron chi connectivity index (χ1n) is 8.88. The average molecular weight is 408 g/mol. The van der Waals surface area contributed by atoms with E-state index >= 15 is 0 Å². The van der Waals surface area contributed by atoms with Crippen molar-refractivity contribution in [1.82, 2.24) is 5.32 Å². The van der Waals surface area contributed by atoms with Crippen LogP contribution < -0.4 is 5.32 Å². The van der Waals surface area contributed by atoms with Crippen molar-refractivity contribution in [1.29, 1.82) is 0 Å². The first-order valence-corrected chi connectivity index (χ1v) is 10.1. The van der Waals surface area contributed by atoms with Crippen LogP contribution >= 0.6 is 23.4 Å². The monoisotopic (exact) mass is 407 g/mol. The summed E-state index contributed by atoms with van der Waals surface area (Å²) in [5.74, 6) is -0.261. The maximum Gasteiger partial charge on any atom is 0.262 e. The molecular weight excluding hydrogens is 390 g/mol. The van der Waals surface area contributed by atoms with Gasteiger partial charge in [-0.05, 0) is 23.3 Å². The molecule has 0 saturated carbocycles. The van der Waals surface area contributed by atoms with Crippen molar-refractivity contribution < 1.29 is 9.90 Å². The SMILES string of the molecule is O=C1NC(c2ccccc2)(c2ccccc2)CC(O)=C1Sc1ccccc1Cl. The normalized spacial score (nSPS) is 16.0. The Hall–Kier alpha value is -2.69. The fraction of sp³-hybridized carbons (Fsp3) is 0.0870. The molecule has 0 radical (unpaired) electrons. The number of nitrogens with one attached hydrogen (secondary N) is 1. The van der Waals surface area contributed by atoms with Crippen LogP contribution in [0.2, 0.25) is 5.02 Å². The van der Waals surface area contributed by atoms with E-state index in [1.54, 1.807) is 6.07 Å². The minimum absolute atomic E-state index is 0.0568. The summed E-state index contributed by atoms with van der Waals surface area (Å²) in [6.07, 6.45) is 0.263. The Morgan fingerprint density at radius 3 is 1.93 bits per heavy atom. The molecule has 1 aliphatic heterocycles. The van der Waals surface area contributed by atoms with E-state index in [0.29, 0.717) is 5.02 Å². The van der Waals surface area contributed by atoms with Gasteiger partial charge in [0.05, 0.1) is 10.6 Å². The molecular formula is C23H18ClNO2S. The van der Waals surface area contributed by atoms with E-state index in [1.807, 2.05) is 78.9 Å². The first kappa shape index (κ1) is 18.7. The van der Waals surface area contributed by atoms with E-state index in [2.05, 4.69) is 5.32 Å². The predicted molar refractivity (Wildman–Crippen MR) is 113 cm³/mol. The lowest BCUT2D eigenvalue weighted by Gasteiger charge is -2.39. The smallest absolute Gasteiger partial charge is 0.262 e. The highest BCUT2D eigenvalue weighted by molar-refractivity contribution is 8.04. The molecule has 1 heterocycles. The summed E-state index contributed by atoms with van der Waals surface area (Å²) < 4.78 is 0. The third-order valence-electron chi connectivity index (χ3n) is 4.81. The van der Waals surface area contributed by atoms with E-state index in [1.165, 1.54) is 11.8 Å². The van der Waals surface area contributed by atoms with Crippen LogP contribution in [0.3, 0.4) is 0 Å². The maximum atomic E-state index is 13.1. The van der Waals surface area contributed by atoms with Gasteiger partial charge in [-0.1, -0.05) is 96.2 Å². The third kappa shape index (κ3) is 3.41. The summed E-state index contributed by atoms with van der Waals surface area (Å²) >= 11 is 7.41. The average Bonchev–Trinajstić information content (AvgIpc) is 2.73.